The van der Waals surface area contributed by atoms with Crippen LogP contribution >= 0.6 is 0 Å². The van der Waals surface area contributed by atoms with Crippen LogP contribution in [0.2, 0.25) is 0 Å². The van der Waals surface area contributed by atoms with Crippen molar-refractivity contribution in [1.29, 1.82) is 0 Å². The van der Waals surface area contributed by atoms with Crippen LogP contribution in [0.5, 0.6) is 0 Å². The minimum Gasteiger partial charge on any atom is -0.477 e. The van der Waals surface area contributed by atoms with E-state index in [0.29, 0.717) is 12.1 Å². The Bertz CT molecular complexity index is 600. The lowest BCUT2D eigenvalue weighted by Crippen LogP contribution is -2.52. The summed E-state index contributed by atoms with van der Waals surface area (Å²) >= 11 is 0. The summed E-state index contributed by atoms with van der Waals surface area (Å²) in [6, 6.07) is 1.73. The topological polar surface area (TPSA) is 62.5 Å². The molecule has 1 saturated carbocycles. The minimum atomic E-state index is -1.14. The highest BCUT2D eigenvalue weighted by Crippen LogP contribution is 2.34. The molecule has 0 amide bonds. The van der Waals surface area contributed by atoms with Gasteiger partial charge in [0.1, 0.15) is 5.56 Å². The summed E-state index contributed by atoms with van der Waals surface area (Å²) in [5.74, 6) is -1.14. The van der Waals surface area contributed by atoms with Crippen molar-refractivity contribution in [2.24, 2.45) is 0 Å². The molecule has 1 aliphatic carbocycles. The molecule has 1 heterocycles. The maximum atomic E-state index is 12.5. The molecule has 5 nitrogen and oxygen atoms in total. The summed E-state index contributed by atoms with van der Waals surface area (Å²) in [5.41, 5.74) is -0.00755. The molecule has 1 aromatic heterocycles. The van der Waals surface area contributed by atoms with E-state index in [1.54, 1.807) is 23.8 Å². The summed E-state index contributed by atoms with van der Waals surface area (Å²) < 4.78 is 1.59. The highest BCUT2D eigenvalue weighted by Gasteiger charge is 2.36. The normalized spacial score (nSPS) is 17.6. The molecule has 0 unspecified atom stereocenters. The second-order valence-electron chi connectivity index (χ2n) is 6.41. The van der Waals surface area contributed by atoms with E-state index in [1.165, 1.54) is 6.42 Å². The number of likely N-dealkylation sites (N-methyl/N-ethyl adjacent to an activating group) is 1. The number of pyridine rings is 1. The van der Waals surface area contributed by atoms with Gasteiger partial charge >= 0.3 is 5.97 Å². The van der Waals surface area contributed by atoms with Crippen molar-refractivity contribution in [3.8, 4) is 0 Å². The van der Waals surface area contributed by atoms with E-state index in [9.17, 15) is 14.7 Å². The number of carboxylic acids is 1. The Kier molecular flexibility index (Phi) is 5.06. The predicted octanol–water partition coefficient (Wildman–Crippen LogP) is 2.51. The van der Waals surface area contributed by atoms with Gasteiger partial charge in [-0.3, -0.25) is 9.69 Å². The van der Waals surface area contributed by atoms with Gasteiger partial charge in [0.2, 0.25) is 0 Å². The minimum absolute atomic E-state index is 0.0398. The van der Waals surface area contributed by atoms with Crippen LogP contribution in [0.25, 0.3) is 0 Å². The van der Waals surface area contributed by atoms with Gasteiger partial charge in [-0.1, -0.05) is 26.2 Å². The predicted molar refractivity (Wildman–Crippen MR) is 86.5 cm³/mol. The number of aryl methyl sites for hydroxylation is 1. The fraction of sp³-hybridized carbons (Fsp3) is 0.647. The van der Waals surface area contributed by atoms with E-state index >= 15 is 0 Å². The van der Waals surface area contributed by atoms with Gasteiger partial charge in [-0.25, -0.2) is 4.79 Å². The molecule has 1 N–H and O–H groups in total. The van der Waals surface area contributed by atoms with Crippen molar-refractivity contribution >= 4 is 5.97 Å². The first-order valence-corrected chi connectivity index (χ1v) is 8.06. The van der Waals surface area contributed by atoms with Gasteiger partial charge in [0, 0.05) is 18.3 Å². The molecule has 5 heteroatoms. The lowest BCUT2D eigenvalue weighted by atomic mass is 9.80. The van der Waals surface area contributed by atoms with Crippen molar-refractivity contribution in [3.05, 3.63) is 33.7 Å². The lowest BCUT2D eigenvalue weighted by Gasteiger charge is -2.44. The molecule has 1 aliphatic rings. The van der Waals surface area contributed by atoms with Crippen molar-refractivity contribution < 1.29 is 9.90 Å². The van der Waals surface area contributed by atoms with Crippen molar-refractivity contribution in [2.45, 2.75) is 58.0 Å². The van der Waals surface area contributed by atoms with Crippen LogP contribution in [-0.4, -0.2) is 39.7 Å². The van der Waals surface area contributed by atoms with Crippen molar-refractivity contribution in [1.82, 2.24) is 9.47 Å². The SMILES string of the molecule is CCN(C)C1(Cn2ccc(C)c(C(=O)O)c2=O)CCCCC1. The first kappa shape index (κ1) is 16.7. The molecule has 0 bridgehead atoms. The molecule has 122 valence electrons. The fourth-order valence-electron chi connectivity index (χ4n) is 3.57. The zero-order valence-electron chi connectivity index (χ0n) is 13.8. The standard InChI is InChI=1S/C17H26N2O3/c1-4-18(3)17(9-6-5-7-10-17)12-19-11-8-13(2)14(15(19)20)16(21)22/h8,11H,4-7,9-10,12H2,1-3H3,(H,21,22). The van der Waals surface area contributed by atoms with Crippen LogP contribution in [-0.2, 0) is 6.54 Å². The molecule has 0 spiro atoms. The highest BCUT2D eigenvalue weighted by atomic mass is 16.4. The second-order valence-corrected chi connectivity index (χ2v) is 6.41. The Morgan fingerprint density at radius 2 is 2.00 bits per heavy atom. The van der Waals surface area contributed by atoms with Crippen LogP contribution in [0.3, 0.4) is 0 Å². The Hall–Kier alpha value is -1.62. The smallest absolute Gasteiger partial charge is 0.341 e. The molecule has 22 heavy (non-hydrogen) atoms. The Morgan fingerprint density at radius 3 is 2.55 bits per heavy atom. The third-order valence-electron chi connectivity index (χ3n) is 5.12. The number of aromatic nitrogens is 1. The lowest BCUT2D eigenvalue weighted by molar-refractivity contribution is 0.0602. The molecule has 0 radical (unpaired) electrons. The number of hydrogen-bond acceptors (Lipinski definition) is 3. The average Bonchev–Trinajstić information content (AvgIpc) is 2.50. The van der Waals surface area contributed by atoms with Crippen molar-refractivity contribution in [3.63, 3.8) is 0 Å². The van der Waals surface area contributed by atoms with Crippen LogP contribution < -0.4 is 5.56 Å². The number of nitrogens with zero attached hydrogens (tertiary/aromatic N) is 2. The van der Waals surface area contributed by atoms with E-state index < -0.39 is 5.97 Å². The molecule has 2 rings (SSSR count). The number of aromatic carboxylic acids is 1. The van der Waals surface area contributed by atoms with E-state index in [1.807, 2.05) is 0 Å². The van der Waals surface area contributed by atoms with Gasteiger partial charge in [0.15, 0.2) is 0 Å². The van der Waals surface area contributed by atoms with E-state index in [4.69, 9.17) is 0 Å². The van der Waals surface area contributed by atoms with E-state index in [2.05, 4.69) is 18.9 Å². The molecule has 0 atom stereocenters. The monoisotopic (exact) mass is 306 g/mol. The van der Waals surface area contributed by atoms with E-state index in [0.717, 1.165) is 32.2 Å². The van der Waals surface area contributed by atoms with Gasteiger partial charge < -0.3 is 9.67 Å². The Balaban J connectivity index is 2.41. The summed E-state index contributed by atoms with van der Waals surface area (Å²) in [6.45, 7) is 5.28. The molecule has 0 saturated heterocycles. The van der Waals surface area contributed by atoms with Crippen LogP contribution in [0, 0.1) is 6.92 Å². The summed E-state index contributed by atoms with van der Waals surface area (Å²) in [6.07, 6.45) is 7.42. The number of carboxylic acid groups (broad SMARTS) is 1. The third-order valence-corrected chi connectivity index (χ3v) is 5.12. The zero-order chi connectivity index (χ0) is 16.3. The number of rotatable bonds is 5. The largest absolute Gasteiger partial charge is 0.477 e. The molecule has 0 aromatic carbocycles. The fourth-order valence-corrected chi connectivity index (χ4v) is 3.57. The highest BCUT2D eigenvalue weighted by molar-refractivity contribution is 5.88. The van der Waals surface area contributed by atoms with Gasteiger partial charge in [-0.05, 0) is 45.0 Å². The maximum Gasteiger partial charge on any atom is 0.341 e. The van der Waals surface area contributed by atoms with Gasteiger partial charge in [-0.2, -0.15) is 0 Å². The van der Waals surface area contributed by atoms with Gasteiger partial charge in [-0.15, -0.1) is 0 Å². The van der Waals surface area contributed by atoms with Gasteiger partial charge in [0.05, 0.1) is 0 Å². The first-order valence-electron chi connectivity index (χ1n) is 8.06. The Morgan fingerprint density at radius 1 is 1.36 bits per heavy atom. The first-order chi connectivity index (χ1) is 10.4. The van der Waals surface area contributed by atoms with Crippen LogP contribution in [0.4, 0.5) is 0 Å². The average molecular weight is 306 g/mol. The quantitative estimate of drug-likeness (QED) is 0.908. The number of hydrogen-bond donors (Lipinski definition) is 1. The van der Waals surface area contributed by atoms with Gasteiger partial charge in [0.25, 0.3) is 5.56 Å². The Labute approximate surface area is 131 Å². The molecular weight excluding hydrogens is 280 g/mol. The number of carbonyl (C=O) groups is 1. The molecular formula is C17H26N2O3. The second kappa shape index (κ2) is 6.65. The van der Waals surface area contributed by atoms with Crippen LogP contribution in [0.1, 0.15) is 54.9 Å². The third kappa shape index (κ3) is 3.09. The summed E-state index contributed by atoms with van der Waals surface area (Å²) in [7, 11) is 2.10. The summed E-state index contributed by atoms with van der Waals surface area (Å²) in [5, 5.41) is 9.27. The van der Waals surface area contributed by atoms with E-state index in [-0.39, 0.29) is 16.7 Å². The van der Waals surface area contributed by atoms with Crippen LogP contribution in [0.15, 0.2) is 17.1 Å². The molecule has 1 fully saturated rings. The molecule has 0 aliphatic heterocycles. The summed E-state index contributed by atoms with van der Waals surface area (Å²) in [4.78, 5) is 26.2. The maximum absolute atomic E-state index is 12.5. The zero-order valence-corrected chi connectivity index (χ0v) is 13.8. The molecule has 1 aromatic rings. The van der Waals surface area contributed by atoms with Crippen molar-refractivity contribution in [2.75, 3.05) is 13.6 Å².